The molecule has 1 aromatic heterocycles. The summed E-state index contributed by atoms with van der Waals surface area (Å²) in [6.45, 7) is 8.58. The van der Waals surface area contributed by atoms with E-state index in [9.17, 15) is 0 Å². The molecule has 0 aliphatic rings. The second-order valence-corrected chi connectivity index (χ2v) is 5.22. The van der Waals surface area contributed by atoms with Crippen LogP contribution in [0.1, 0.15) is 37.0 Å². The Balaban J connectivity index is 2.13. The molecule has 108 valence electrons. The van der Waals surface area contributed by atoms with E-state index in [-0.39, 0.29) is 6.04 Å². The molecule has 0 saturated carbocycles. The quantitative estimate of drug-likeness (QED) is 0.830. The van der Waals surface area contributed by atoms with Crippen molar-refractivity contribution in [3.05, 3.63) is 46.4 Å². The average Bonchev–Trinajstić information content (AvgIpc) is 2.72. The number of benzene rings is 1. The van der Waals surface area contributed by atoms with Crippen LogP contribution in [0.3, 0.4) is 0 Å². The van der Waals surface area contributed by atoms with Gasteiger partial charge in [-0.05, 0) is 52.0 Å². The lowest BCUT2D eigenvalue weighted by molar-refractivity contribution is 0.340. The Labute approximate surface area is 124 Å². The zero-order valence-corrected chi connectivity index (χ0v) is 13.0. The Hall–Kier alpha value is -1.61. The Morgan fingerprint density at radius 2 is 2.05 bits per heavy atom. The van der Waals surface area contributed by atoms with Crippen LogP contribution in [-0.2, 0) is 0 Å². The summed E-state index contributed by atoms with van der Waals surface area (Å²) in [7, 11) is 0. The normalized spacial score (nSPS) is 12.2. The fourth-order valence-corrected chi connectivity index (χ4v) is 2.51. The number of nitrogens with one attached hydrogen (secondary N) is 1. The lowest BCUT2D eigenvalue weighted by atomic mass is 10.1. The number of ether oxygens (including phenoxy) is 1. The van der Waals surface area contributed by atoms with E-state index in [2.05, 4.69) is 18.3 Å². The molecule has 20 heavy (non-hydrogen) atoms. The summed E-state index contributed by atoms with van der Waals surface area (Å²) in [6.07, 6.45) is 0. The van der Waals surface area contributed by atoms with E-state index < -0.39 is 0 Å². The number of anilines is 1. The van der Waals surface area contributed by atoms with Gasteiger partial charge in [0.15, 0.2) is 0 Å². The first-order chi connectivity index (χ1) is 9.51. The van der Waals surface area contributed by atoms with Gasteiger partial charge in [-0.3, -0.25) is 0 Å². The fraction of sp³-hybridized carbons (Fsp3) is 0.375. The van der Waals surface area contributed by atoms with Crippen molar-refractivity contribution in [3.8, 4) is 5.75 Å². The molecule has 2 aromatic rings. The molecule has 0 amide bonds. The van der Waals surface area contributed by atoms with Gasteiger partial charge in [0.2, 0.25) is 0 Å². The third kappa shape index (κ3) is 3.28. The molecule has 0 aliphatic heterocycles. The van der Waals surface area contributed by atoms with Crippen LogP contribution in [0.4, 0.5) is 5.69 Å². The highest BCUT2D eigenvalue weighted by Gasteiger charge is 2.13. The minimum Gasteiger partial charge on any atom is -0.492 e. The summed E-state index contributed by atoms with van der Waals surface area (Å²) in [4.78, 5) is 0. The van der Waals surface area contributed by atoms with Gasteiger partial charge in [-0.15, -0.1) is 0 Å². The number of aryl methyl sites for hydroxylation is 2. The predicted molar refractivity (Wildman–Crippen MR) is 82.8 cm³/mol. The molecule has 0 radical (unpaired) electrons. The molecule has 1 N–H and O–H groups in total. The second kappa shape index (κ2) is 6.23. The molecule has 0 bridgehead atoms. The number of rotatable bonds is 5. The average molecular weight is 294 g/mol. The Kier molecular flexibility index (Phi) is 4.61. The number of hydrogen-bond donors (Lipinski definition) is 1. The molecular formula is C16H20ClNO2. The van der Waals surface area contributed by atoms with E-state index in [1.807, 2.05) is 39.0 Å². The van der Waals surface area contributed by atoms with Gasteiger partial charge in [0.05, 0.1) is 17.7 Å². The van der Waals surface area contributed by atoms with Crippen molar-refractivity contribution in [1.29, 1.82) is 0 Å². The Bertz CT molecular complexity index is 592. The van der Waals surface area contributed by atoms with E-state index >= 15 is 0 Å². The zero-order valence-electron chi connectivity index (χ0n) is 12.3. The van der Waals surface area contributed by atoms with Crippen LogP contribution in [0.15, 0.2) is 28.7 Å². The molecule has 0 fully saturated rings. The summed E-state index contributed by atoms with van der Waals surface area (Å²) in [5.41, 5.74) is 2.12. The maximum absolute atomic E-state index is 6.19. The second-order valence-electron chi connectivity index (χ2n) is 4.81. The van der Waals surface area contributed by atoms with Crippen molar-refractivity contribution >= 4 is 17.3 Å². The minimum atomic E-state index is 0.154. The van der Waals surface area contributed by atoms with Gasteiger partial charge < -0.3 is 14.5 Å². The topological polar surface area (TPSA) is 34.4 Å². The summed E-state index contributed by atoms with van der Waals surface area (Å²) >= 11 is 6.19. The molecule has 1 atom stereocenters. The zero-order chi connectivity index (χ0) is 14.7. The van der Waals surface area contributed by atoms with E-state index in [0.29, 0.717) is 17.4 Å². The van der Waals surface area contributed by atoms with Crippen molar-refractivity contribution in [3.63, 3.8) is 0 Å². The third-order valence-corrected chi connectivity index (χ3v) is 3.46. The van der Waals surface area contributed by atoms with E-state index in [1.165, 1.54) is 0 Å². The SMILES string of the molecule is CCOc1ccc(NC(C)c2cc(C)oc2C)cc1Cl. The molecule has 1 unspecified atom stereocenters. The van der Waals surface area contributed by atoms with E-state index in [4.69, 9.17) is 20.8 Å². The van der Waals surface area contributed by atoms with Gasteiger partial charge in [-0.25, -0.2) is 0 Å². The molecule has 0 saturated heterocycles. The third-order valence-electron chi connectivity index (χ3n) is 3.16. The summed E-state index contributed by atoms with van der Waals surface area (Å²) in [5, 5.41) is 4.04. The summed E-state index contributed by atoms with van der Waals surface area (Å²) in [6, 6.07) is 7.94. The number of furan rings is 1. The van der Waals surface area contributed by atoms with Crippen molar-refractivity contribution in [2.45, 2.75) is 33.7 Å². The van der Waals surface area contributed by atoms with Gasteiger partial charge in [0.25, 0.3) is 0 Å². The molecule has 2 rings (SSSR count). The van der Waals surface area contributed by atoms with Gasteiger partial charge >= 0.3 is 0 Å². The summed E-state index contributed by atoms with van der Waals surface area (Å²) in [5.74, 6) is 2.58. The van der Waals surface area contributed by atoms with Gasteiger partial charge in [0, 0.05) is 11.3 Å². The highest BCUT2D eigenvalue weighted by atomic mass is 35.5. The first-order valence-corrected chi connectivity index (χ1v) is 7.15. The van der Waals surface area contributed by atoms with Crippen molar-refractivity contribution in [2.75, 3.05) is 11.9 Å². The first-order valence-electron chi connectivity index (χ1n) is 6.77. The monoisotopic (exact) mass is 293 g/mol. The van der Waals surface area contributed by atoms with Gasteiger partial charge in [-0.2, -0.15) is 0 Å². The number of halogens is 1. The minimum absolute atomic E-state index is 0.154. The van der Waals surface area contributed by atoms with Crippen LogP contribution in [0.5, 0.6) is 5.75 Å². The fourth-order valence-electron chi connectivity index (χ4n) is 2.27. The summed E-state index contributed by atoms with van der Waals surface area (Å²) < 4.78 is 11.0. The smallest absolute Gasteiger partial charge is 0.138 e. The molecule has 0 spiro atoms. The van der Waals surface area contributed by atoms with Gasteiger partial charge in [-0.1, -0.05) is 11.6 Å². The Morgan fingerprint density at radius 1 is 1.30 bits per heavy atom. The predicted octanol–water partition coefficient (Wildman–Crippen LogP) is 5.12. The lowest BCUT2D eigenvalue weighted by Crippen LogP contribution is -2.07. The van der Waals surface area contributed by atoms with E-state index in [1.54, 1.807) is 0 Å². The van der Waals surface area contributed by atoms with Crippen molar-refractivity contribution in [2.24, 2.45) is 0 Å². The van der Waals surface area contributed by atoms with Crippen LogP contribution in [-0.4, -0.2) is 6.61 Å². The van der Waals surface area contributed by atoms with Crippen molar-refractivity contribution in [1.82, 2.24) is 0 Å². The molecular weight excluding hydrogens is 274 g/mol. The standard InChI is InChI=1S/C16H20ClNO2/c1-5-19-16-7-6-13(9-15(16)17)18-11(3)14-8-10(2)20-12(14)4/h6-9,11,18H,5H2,1-4H3. The van der Waals surface area contributed by atoms with Crippen LogP contribution in [0.25, 0.3) is 0 Å². The lowest BCUT2D eigenvalue weighted by Gasteiger charge is -2.16. The largest absolute Gasteiger partial charge is 0.492 e. The van der Waals surface area contributed by atoms with Crippen LogP contribution in [0, 0.1) is 13.8 Å². The maximum Gasteiger partial charge on any atom is 0.138 e. The molecule has 4 heteroatoms. The van der Waals surface area contributed by atoms with Gasteiger partial charge in [0.1, 0.15) is 17.3 Å². The first kappa shape index (κ1) is 14.8. The van der Waals surface area contributed by atoms with Crippen LogP contribution < -0.4 is 10.1 Å². The van der Waals surface area contributed by atoms with Crippen LogP contribution >= 0.6 is 11.6 Å². The molecule has 1 aromatic carbocycles. The van der Waals surface area contributed by atoms with E-state index in [0.717, 1.165) is 22.8 Å². The molecule has 3 nitrogen and oxygen atoms in total. The van der Waals surface area contributed by atoms with Crippen LogP contribution in [0.2, 0.25) is 5.02 Å². The molecule has 0 aliphatic carbocycles. The van der Waals surface area contributed by atoms with Crippen molar-refractivity contribution < 1.29 is 9.15 Å². The highest BCUT2D eigenvalue weighted by molar-refractivity contribution is 6.32. The number of hydrogen-bond acceptors (Lipinski definition) is 3. The maximum atomic E-state index is 6.19. The molecule has 1 heterocycles. The highest BCUT2D eigenvalue weighted by Crippen LogP contribution is 2.30. The Morgan fingerprint density at radius 3 is 2.60 bits per heavy atom.